The number of hydrogen-bond acceptors (Lipinski definition) is 3. The van der Waals surface area contributed by atoms with Crippen molar-refractivity contribution >= 4 is 12.6 Å². The molecule has 2 atom stereocenters. The molecule has 1 N–H and O–H groups in total. The fourth-order valence-corrected chi connectivity index (χ4v) is 4.93. The number of hydrogen-bond donors (Lipinski definition) is 1. The monoisotopic (exact) mass is 400 g/mol. The zero-order valence-electron chi connectivity index (χ0n) is 18.9. The largest absolute Gasteiger partial charge is 0.390 e. The van der Waals surface area contributed by atoms with Gasteiger partial charge in [0.25, 0.3) is 0 Å². The van der Waals surface area contributed by atoms with Crippen molar-refractivity contribution in [1.29, 1.82) is 0 Å². The average Bonchev–Trinajstić information content (AvgIpc) is 2.68. The number of aldehydes is 2. The van der Waals surface area contributed by atoms with Gasteiger partial charge in [0, 0.05) is 10.8 Å². The number of aliphatic hydroxyl groups is 1. The van der Waals surface area contributed by atoms with Crippen molar-refractivity contribution in [2.45, 2.75) is 104 Å². The van der Waals surface area contributed by atoms with E-state index >= 15 is 0 Å². The summed E-state index contributed by atoms with van der Waals surface area (Å²) in [4.78, 5) is 24.5. The van der Waals surface area contributed by atoms with E-state index in [1.165, 1.54) is 16.7 Å². The van der Waals surface area contributed by atoms with Gasteiger partial charge < -0.3 is 14.7 Å². The van der Waals surface area contributed by atoms with Crippen molar-refractivity contribution < 1.29 is 14.7 Å². The van der Waals surface area contributed by atoms with Gasteiger partial charge in [0.05, 0.1) is 5.60 Å². The lowest BCUT2D eigenvalue weighted by molar-refractivity contribution is -0.137. The van der Waals surface area contributed by atoms with Crippen molar-refractivity contribution in [1.82, 2.24) is 0 Å². The normalized spacial score (nSPS) is 27.6. The highest BCUT2D eigenvalue weighted by Crippen LogP contribution is 2.54. The van der Waals surface area contributed by atoms with Crippen LogP contribution < -0.4 is 0 Å². The molecule has 0 aromatic rings. The summed E-state index contributed by atoms with van der Waals surface area (Å²) < 4.78 is 0. The number of carbonyl (C=O) groups excluding carboxylic acids is 2. The van der Waals surface area contributed by atoms with Gasteiger partial charge in [0.1, 0.15) is 12.6 Å². The Morgan fingerprint density at radius 2 is 1.52 bits per heavy atom. The maximum absolute atomic E-state index is 12.3. The van der Waals surface area contributed by atoms with Gasteiger partial charge in [0.15, 0.2) is 0 Å². The topological polar surface area (TPSA) is 54.4 Å². The molecule has 2 aliphatic rings. The number of rotatable bonds is 10. The van der Waals surface area contributed by atoms with Crippen LogP contribution in [0.3, 0.4) is 0 Å². The highest BCUT2D eigenvalue weighted by atomic mass is 16.3. The second kappa shape index (κ2) is 10.0. The summed E-state index contributed by atoms with van der Waals surface area (Å²) in [6.45, 7) is 7.93. The van der Waals surface area contributed by atoms with Gasteiger partial charge in [-0.1, -0.05) is 34.9 Å². The van der Waals surface area contributed by atoms with Crippen LogP contribution in [0, 0.1) is 10.8 Å². The third-order valence-electron chi connectivity index (χ3n) is 7.04. The Bertz CT molecular complexity index is 673. The minimum atomic E-state index is -0.624. The van der Waals surface area contributed by atoms with Gasteiger partial charge in [-0.2, -0.15) is 0 Å². The molecular formula is C26H40O3. The molecule has 0 spiro atoms. The highest BCUT2D eigenvalue weighted by Gasteiger charge is 2.51. The lowest BCUT2D eigenvalue weighted by Crippen LogP contribution is -2.46. The molecule has 3 nitrogen and oxygen atoms in total. The third-order valence-corrected chi connectivity index (χ3v) is 7.04. The molecule has 2 unspecified atom stereocenters. The van der Waals surface area contributed by atoms with Gasteiger partial charge in [0.2, 0.25) is 0 Å². The van der Waals surface area contributed by atoms with Crippen molar-refractivity contribution in [3.05, 3.63) is 34.9 Å². The van der Waals surface area contributed by atoms with Crippen LogP contribution in [0.4, 0.5) is 0 Å². The van der Waals surface area contributed by atoms with Crippen LogP contribution in [0.15, 0.2) is 34.9 Å². The quantitative estimate of drug-likeness (QED) is 0.347. The molecule has 29 heavy (non-hydrogen) atoms. The Morgan fingerprint density at radius 1 is 1.00 bits per heavy atom. The molecule has 0 saturated carbocycles. The first-order valence-electron chi connectivity index (χ1n) is 11.3. The Balaban J connectivity index is 2.04. The maximum atomic E-state index is 12.3. The third kappa shape index (κ3) is 6.25. The van der Waals surface area contributed by atoms with E-state index in [0.29, 0.717) is 12.8 Å². The van der Waals surface area contributed by atoms with Gasteiger partial charge in [-0.15, -0.1) is 0 Å². The minimum Gasteiger partial charge on any atom is -0.390 e. The Kier molecular flexibility index (Phi) is 8.22. The summed E-state index contributed by atoms with van der Waals surface area (Å²) in [5, 5.41) is 9.89. The molecule has 0 amide bonds. The molecule has 0 saturated heterocycles. The van der Waals surface area contributed by atoms with Crippen LogP contribution in [0.1, 0.15) is 98.3 Å². The van der Waals surface area contributed by atoms with Gasteiger partial charge >= 0.3 is 0 Å². The Hall–Kier alpha value is -1.48. The number of allylic oxidation sites excluding steroid dienone is 6. The molecular weight excluding hydrogens is 360 g/mol. The maximum Gasteiger partial charge on any atom is 0.127 e. The summed E-state index contributed by atoms with van der Waals surface area (Å²) in [6, 6.07) is 0. The molecule has 0 fully saturated rings. The lowest BCUT2D eigenvalue weighted by Gasteiger charge is -2.47. The Labute approximate surface area is 177 Å². The summed E-state index contributed by atoms with van der Waals surface area (Å²) in [5.41, 5.74) is 2.42. The summed E-state index contributed by atoms with van der Waals surface area (Å²) in [6.07, 6.45) is 18.5. The summed E-state index contributed by atoms with van der Waals surface area (Å²) >= 11 is 0. The van der Waals surface area contributed by atoms with Crippen molar-refractivity contribution in [2.75, 3.05) is 0 Å². The first-order chi connectivity index (χ1) is 13.7. The first kappa shape index (κ1) is 23.8. The van der Waals surface area contributed by atoms with E-state index in [9.17, 15) is 14.7 Å². The van der Waals surface area contributed by atoms with Crippen LogP contribution in [0.5, 0.6) is 0 Å². The molecule has 0 aromatic carbocycles. The van der Waals surface area contributed by atoms with Crippen molar-refractivity contribution in [2.24, 2.45) is 10.8 Å². The van der Waals surface area contributed by atoms with Crippen LogP contribution in [0.2, 0.25) is 0 Å². The summed E-state index contributed by atoms with van der Waals surface area (Å²) in [5.74, 6) is 0. The molecule has 2 rings (SSSR count). The minimum absolute atomic E-state index is 0.552. The average molecular weight is 401 g/mol. The highest BCUT2D eigenvalue weighted by molar-refractivity contribution is 5.74. The lowest BCUT2D eigenvalue weighted by atomic mass is 9.54. The van der Waals surface area contributed by atoms with Gasteiger partial charge in [-0.05, 0) is 98.3 Å². The number of carbonyl (C=O) groups is 2. The van der Waals surface area contributed by atoms with Crippen LogP contribution in [-0.4, -0.2) is 23.3 Å². The Morgan fingerprint density at radius 3 is 1.90 bits per heavy atom. The smallest absolute Gasteiger partial charge is 0.127 e. The molecule has 0 aliphatic heterocycles. The van der Waals surface area contributed by atoms with Crippen LogP contribution in [0.25, 0.3) is 0 Å². The van der Waals surface area contributed by atoms with E-state index in [4.69, 9.17) is 0 Å². The molecule has 162 valence electrons. The SMILES string of the molecule is CC(C)=CCCC1=CCC(C=O)(C2(C=O)CC=C(CCCC(C)(C)O)CC2)CC1. The molecule has 0 heterocycles. The second-order valence-electron chi connectivity index (χ2n) is 10.2. The van der Waals surface area contributed by atoms with E-state index in [0.717, 1.165) is 70.4 Å². The predicted octanol–water partition coefficient (Wildman–Crippen LogP) is 6.27. The predicted molar refractivity (Wildman–Crippen MR) is 120 cm³/mol. The molecule has 3 heteroatoms. The fourth-order valence-electron chi connectivity index (χ4n) is 4.93. The van der Waals surface area contributed by atoms with E-state index in [1.54, 1.807) is 0 Å². The first-order valence-corrected chi connectivity index (χ1v) is 11.3. The zero-order valence-corrected chi connectivity index (χ0v) is 18.9. The van der Waals surface area contributed by atoms with E-state index < -0.39 is 16.4 Å². The van der Waals surface area contributed by atoms with Gasteiger partial charge in [-0.25, -0.2) is 0 Å². The van der Waals surface area contributed by atoms with Crippen LogP contribution in [-0.2, 0) is 9.59 Å². The fraction of sp³-hybridized carbons (Fsp3) is 0.692. The molecule has 0 radical (unpaired) electrons. The van der Waals surface area contributed by atoms with Gasteiger partial charge in [-0.3, -0.25) is 0 Å². The second-order valence-corrected chi connectivity index (χ2v) is 10.2. The molecule has 0 aromatic heterocycles. The van der Waals surface area contributed by atoms with E-state index in [-0.39, 0.29) is 0 Å². The van der Waals surface area contributed by atoms with E-state index in [2.05, 4.69) is 32.1 Å². The molecule has 0 bridgehead atoms. The standard InChI is InChI=1S/C26H40O3/c1-21(2)7-5-8-22-10-15-25(19-27,16-11-22)26(20-28)17-12-23(13-18-26)9-6-14-24(3,4)29/h7,10,12,19-20,29H,5-6,8-9,11,13-18H2,1-4H3. The van der Waals surface area contributed by atoms with Crippen molar-refractivity contribution in [3.8, 4) is 0 Å². The van der Waals surface area contributed by atoms with E-state index in [1.807, 2.05) is 13.8 Å². The zero-order chi connectivity index (χ0) is 21.5. The van der Waals surface area contributed by atoms with Crippen LogP contribution >= 0.6 is 0 Å². The molecule has 2 aliphatic carbocycles. The summed E-state index contributed by atoms with van der Waals surface area (Å²) in [7, 11) is 0. The van der Waals surface area contributed by atoms with Crippen molar-refractivity contribution in [3.63, 3.8) is 0 Å².